The van der Waals surface area contributed by atoms with Gasteiger partial charge in [-0.05, 0) is 64.6 Å². The van der Waals surface area contributed by atoms with Crippen LogP contribution in [0.25, 0.3) is 11.4 Å². The van der Waals surface area contributed by atoms with Crippen molar-refractivity contribution in [3.63, 3.8) is 0 Å². The van der Waals surface area contributed by atoms with Crippen LogP contribution in [0.5, 0.6) is 0 Å². The van der Waals surface area contributed by atoms with Crippen LogP contribution in [0, 0.1) is 3.57 Å². The van der Waals surface area contributed by atoms with E-state index in [-0.39, 0.29) is 0 Å². The Kier molecular flexibility index (Phi) is 4.28. The number of hydrogen-bond acceptors (Lipinski definition) is 4. The maximum Gasteiger partial charge on any atom is 0.331 e. The SMILES string of the molecule is CCC(C)(C(=O)O)n1nnnc1-c1ccc(I)c(Cl)c1. The van der Waals surface area contributed by atoms with Crippen LogP contribution in [0.3, 0.4) is 0 Å². The van der Waals surface area contributed by atoms with Gasteiger partial charge in [-0.3, -0.25) is 0 Å². The summed E-state index contributed by atoms with van der Waals surface area (Å²) in [5.41, 5.74) is -0.518. The van der Waals surface area contributed by atoms with Crippen LogP contribution in [0.4, 0.5) is 0 Å². The molecule has 0 saturated carbocycles. The number of carboxylic acid groups (broad SMARTS) is 1. The summed E-state index contributed by atoms with van der Waals surface area (Å²) in [6, 6.07) is 5.37. The van der Waals surface area contributed by atoms with Crippen molar-refractivity contribution in [2.24, 2.45) is 0 Å². The smallest absolute Gasteiger partial charge is 0.331 e. The topological polar surface area (TPSA) is 80.9 Å². The molecule has 0 aliphatic carbocycles. The number of halogens is 2. The zero-order valence-corrected chi connectivity index (χ0v) is 13.8. The van der Waals surface area contributed by atoms with Crippen LogP contribution in [0.15, 0.2) is 18.2 Å². The standard InChI is InChI=1S/C12H12ClIN4O2/c1-3-12(2,11(19)20)18-10(15-16-17-18)7-4-5-9(14)8(13)6-7/h4-6H,3H2,1-2H3,(H,19,20). The Labute approximate surface area is 134 Å². The lowest BCUT2D eigenvalue weighted by Crippen LogP contribution is -2.39. The Morgan fingerprint density at radius 2 is 2.25 bits per heavy atom. The average Bonchev–Trinajstić information content (AvgIpc) is 2.90. The zero-order chi connectivity index (χ0) is 14.9. The van der Waals surface area contributed by atoms with E-state index < -0.39 is 11.5 Å². The van der Waals surface area contributed by atoms with Crippen LogP contribution >= 0.6 is 34.2 Å². The number of nitrogens with zero attached hydrogens (tertiary/aromatic N) is 4. The lowest BCUT2D eigenvalue weighted by atomic mass is 9.99. The molecule has 0 radical (unpaired) electrons. The number of rotatable bonds is 4. The quantitative estimate of drug-likeness (QED) is 0.790. The van der Waals surface area contributed by atoms with E-state index in [0.29, 0.717) is 22.8 Å². The number of tetrazole rings is 1. The van der Waals surface area contributed by atoms with E-state index in [4.69, 9.17) is 11.6 Å². The van der Waals surface area contributed by atoms with Gasteiger partial charge in [0, 0.05) is 9.13 Å². The van der Waals surface area contributed by atoms with Crippen LogP contribution in [-0.4, -0.2) is 31.3 Å². The zero-order valence-electron chi connectivity index (χ0n) is 10.8. The minimum atomic E-state index is -1.20. The van der Waals surface area contributed by atoms with Gasteiger partial charge in [0.05, 0.1) is 5.02 Å². The minimum absolute atomic E-state index is 0.360. The lowest BCUT2D eigenvalue weighted by molar-refractivity contribution is -0.147. The molecule has 0 bridgehead atoms. The molecule has 0 aliphatic rings. The fourth-order valence-electron chi connectivity index (χ4n) is 1.73. The van der Waals surface area contributed by atoms with Crippen molar-refractivity contribution >= 4 is 40.2 Å². The first kappa shape index (κ1) is 15.2. The van der Waals surface area contributed by atoms with Crippen molar-refractivity contribution in [2.45, 2.75) is 25.8 Å². The summed E-state index contributed by atoms with van der Waals surface area (Å²) in [6.45, 7) is 3.37. The van der Waals surface area contributed by atoms with Gasteiger partial charge in [0.25, 0.3) is 0 Å². The Hall–Kier alpha value is -1.22. The number of benzene rings is 1. The second-order valence-electron chi connectivity index (χ2n) is 4.48. The predicted molar refractivity (Wildman–Crippen MR) is 82.6 cm³/mol. The highest BCUT2D eigenvalue weighted by Crippen LogP contribution is 2.29. The molecule has 0 fully saturated rings. The molecule has 0 saturated heterocycles. The average molecular weight is 407 g/mol. The van der Waals surface area contributed by atoms with Crippen molar-refractivity contribution in [1.29, 1.82) is 0 Å². The summed E-state index contributed by atoms with van der Waals surface area (Å²) >= 11 is 8.21. The Bertz CT molecular complexity index is 661. The molecule has 8 heteroatoms. The summed E-state index contributed by atoms with van der Waals surface area (Å²) in [6.07, 6.45) is 0.360. The van der Waals surface area contributed by atoms with Crippen LogP contribution in [-0.2, 0) is 10.3 Å². The molecular weight excluding hydrogens is 395 g/mol. The molecule has 1 aromatic heterocycles. The number of carbonyl (C=O) groups is 1. The van der Waals surface area contributed by atoms with Gasteiger partial charge in [-0.25, -0.2) is 9.48 Å². The van der Waals surface area contributed by atoms with Crippen molar-refractivity contribution < 1.29 is 9.90 Å². The first-order valence-electron chi connectivity index (χ1n) is 5.88. The fourth-order valence-corrected chi connectivity index (χ4v) is 2.24. The normalized spacial score (nSPS) is 14.0. The highest BCUT2D eigenvalue weighted by molar-refractivity contribution is 14.1. The first-order chi connectivity index (χ1) is 9.40. The largest absolute Gasteiger partial charge is 0.479 e. The molecule has 1 aromatic carbocycles. The van der Waals surface area contributed by atoms with Crippen LogP contribution in [0.2, 0.25) is 5.02 Å². The number of hydrogen-bond donors (Lipinski definition) is 1. The summed E-state index contributed by atoms with van der Waals surface area (Å²) in [5, 5.41) is 21.4. The molecule has 106 valence electrons. The fraction of sp³-hybridized carbons (Fsp3) is 0.333. The van der Waals surface area contributed by atoms with Crippen molar-refractivity contribution in [1.82, 2.24) is 20.2 Å². The lowest BCUT2D eigenvalue weighted by Gasteiger charge is -2.24. The van der Waals surface area contributed by atoms with E-state index in [0.717, 1.165) is 3.57 Å². The molecule has 1 heterocycles. The maximum absolute atomic E-state index is 11.5. The molecule has 6 nitrogen and oxygen atoms in total. The Morgan fingerprint density at radius 3 is 2.80 bits per heavy atom. The summed E-state index contributed by atoms with van der Waals surface area (Å²) in [4.78, 5) is 11.5. The van der Waals surface area contributed by atoms with Gasteiger partial charge in [-0.2, -0.15) is 0 Å². The van der Waals surface area contributed by atoms with Crippen molar-refractivity contribution in [3.05, 3.63) is 26.8 Å². The summed E-state index contributed by atoms with van der Waals surface area (Å²) in [5.74, 6) is -0.597. The van der Waals surface area contributed by atoms with Gasteiger partial charge in [0.1, 0.15) is 0 Å². The molecule has 20 heavy (non-hydrogen) atoms. The molecule has 2 rings (SSSR count). The van der Waals surface area contributed by atoms with E-state index >= 15 is 0 Å². The van der Waals surface area contributed by atoms with Crippen LogP contribution < -0.4 is 0 Å². The second-order valence-corrected chi connectivity index (χ2v) is 6.05. The molecule has 0 spiro atoms. The van der Waals surface area contributed by atoms with Gasteiger partial charge in [0.15, 0.2) is 11.4 Å². The van der Waals surface area contributed by atoms with Gasteiger partial charge in [-0.15, -0.1) is 5.10 Å². The summed E-state index contributed by atoms with van der Waals surface area (Å²) < 4.78 is 2.23. The number of aromatic nitrogens is 4. The van der Waals surface area contributed by atoms with Gasteiger partial charge in [0.2, 0.25) is 0 Å². The minimum Gasteiger partial charge on any atom is -0.479 e. The highest BCUT2D eigenvalue weighted by atomic mass is 127. The van der Waals surface area contributed by atoms with Crippen LogP contribution in [0.1, 0.15) is 20.3 Å². The molecule has 1 atom stereocenters. The Balaban J connectivity index is 2.58. The Morgan fingerprint density at radius 1 is 1.55 bits per heavy atom. The van der Waals surface area contributed by atoms with Gasteiger partial charge in [-0.1, -0.05) is 18.5 Å². The molecule has 0 aliphatic heterocycles. The van der Waals surface area contributed by atoms with E-state index in [1.165, 1.54) is 4.68 Å². The molecule has 1 unspecified atom stereocenters. The van der Waals surface area contributed by atoms with Gasteiger partial charge >= 0.3 is 5.97 Å². The van der Waals surface area contributed by atoms with Crippen molar-refractivity contribution in [3.8, 4) is 11.4 Å². The predicted octanol–water partition coefficient (Wildman–Crippen LogP) is 2.81. The highest BCUT2D eigenvalue weighted by Gasteiger charge is 2.37. The van der Waals surface area contributed by atoms with E-state index in [1.807, 2.05) is 12.1 Å². The monoisotopic (exact) mass is 406 g/mol. The molecular formula is C12H12ClIN4O2. The maximum atomic E-state index is 11.5. The molecule has 2 aromatic rings. The molecule has 0 amide bonds. The van der Waals surface area contributed by atoms with Gasteiger partial charge < -0.3 is 5.11 Å². The second kappa shape index (κ2) is 5.65. The molecule has 1 N–H and O–H groups in total. The third kappa shape index (κ3) is 2.51. The van der Waals surface area contributed by atoms with E-state index in [9.17, 15) is 9.90 Å². The third-order valence-electron chi connectivity index (χ3n) is 3.26. The van der Waals surface area contributed by atoms with E-state index in [2.05, 4.69) is 38.1 Å². The number of aliphatic carboxylic acids is 1. The van der Waals surface area contributed by atoms with E-state index in [1.54, 1.807) is 19.9 Å². The third-order valence-corrected chi connectivity index (χ3v) is 4.84. The first-order valence-corrected chi connectivity index (χ1v) is 7.33. The summed E-state index contributed by atoms with van der Waals surface area (Å²) in [7, 11) is 0. The number of carboxylic acids is 1. The van der Waals surface area contributed by atoms with Crippen molar-refractivity contribution in [2.75, 3.05) is 0 Å².